The van der Waals surface area contributed by atoms with Crippen LogP contribution >= 0.6 is 15.9 Å². The number of hydrogen-bond donors (Lipinski definition) is 1. The summed E-state index contributed by atoms with van der Waals surface area (Å²) in [5.74, 6) is 0.441. The van der Waals surface area contributed by atoms with E-state index in [0.29, 0.717) is 5.75 Å². The molecule has 4 heteroatoms. The van der Waals surface area contributed by atoms with Gasteiger partial charge in [-0.25, -0.2) is 4.79 Å². The highest BCUT2D eigenvalue weighted by atomic mass is 79.9. The molecular weight excluding hydrogens is 380 g/mol. The smallest absolute Gasteiger partial charge is 0.335 e. The first kappa shape index (κ1) is 18.0. The van der Waals surface area contributed by atoms with Crippen molar-refractivity contribution >= 4 is 21.9 Å². The van der Waals surface area contributed by atoms with Gasteiger partial charge in [0.25, 0.3) is 0 Å². The highest BCUT2D eigenvalue weighted by Crippen LogP contribution is 2.49. The molecule has 25 heavy (non-hydrogen) atoms. The van der Waals surface area contributed by atoms with Crippen LogP contribution in [0.1, 0.15) is 62.0 Å². The van der Waals surface area contributed by atoms with Crippen molar-refractivity contribution in [3.05, 3.63) is 57.6 Å². The topological polar surface area (TPSA) is 46.5 Å². The van der Waals surface area contributed by atoms with E-state index < -0.39 is 5.97 Å². The Hall–Kier alpha value is -1.81. The van der Waals surface area contributed by atoms with Gasteiger partial charge in [0, 0.05) is 0 Å². The molecule has 2 aromatic rings. The molecule has 0 radical (unpaired) electrons. The van der Waals surface area contributed by atoms with E-state index >= 15 is 0 Å². The van der Waals surface area contributed by atoms with Gasteiger partial charge >= 0.3 is 5.97 Å². The van der Waals surface area contributed by atoms with Crippen LogP contribution < -0.4 is 4.74 Å². The molecule has 132 valence electrons. The Morgan fingerprint density at radius 1 is 1.00 bits per heavy atom. The lowest BCUT2D eigenvalue weighted by molar-refractivity contribution is 0.0697. The first-order valence-corrected chi connectivity index (χ1v) is 9.25. The van der Waals surface area contributed by atoms with Gasteiger partial charge < -0.3 is 9.84 Å². The average Bonchev–Trinajstić information content (AvgIpc) is 2.54. The molecule has 3 rings (SSSR count). The summed E-state index contributed by atoms with van der Waals surface area (Å²) >= 11 is 3.64. The summed E-state index contributed by atoms with van der Waals surface area (Å²) in [4.78, 5) is 11.0. The van der Waals surface area contributed by atoms with Gasteiger partial charge in [-0.1, -0.05) is 27.7 Å². The number of carboxylic acids is 1. The fraction of sp³-hybridized carbons (Fsp3) is 0.381. The van der Waals surface area contributed by atoms with E-state index in [0.717, 1.165) is 23.1 Å². The molecule has 0 atom stereocenters. The lowest BCUT2D eigenvalue weighted by atomic mass is 9.63. The zero-order chi connectivity index (χ0) is 18.4. The van der Waals surface area contributed by atoms with Gasteiger partial charge in [0.1, 0.15) is 11.5 Å². The fourth-order valence-corrected chi connectivity index (χ4v) is 3.86. The van der Waals surface area contributed by atoms with Crippen LogP contribution in [-0.2, 0) is 10.8 Å². The van der Waals surface area contributed by atoms with E-state index in [2.05, 4.69) is 55.8 Å². The Morgan fingerprint density at radius 2 is 1.52 bits per heavy atom. The van der Waals surface area contributed by atoms with Gasteiger partial charge in [-0.05, 0) is 87.1 Å². The maximum Gasteiger partial charge on any atom is 0.335 e. The molecule has 0 saturated heterocycles. The summed E-state index contributed by atoms with van der Waals surface area (Å²) in [5, 5.41) is 9.00. The molecule has 3 nitrogen and oxygen atoms in total. The first-order valence-electron chi connectivity index (χ1n) is 8.46. The van der Waals surface area contributed by atoms with Crippen molar-refractivity contribution in [1.82, 2.24) is 0 Å². The number of hydrogen-bond acceptors (Lipinski definition) is 2. The van der Waals surface area contributed by atoms with Crippen LogP contribution in [0, 0.1) is 0 Å². The Morgan fingerprint density at radius 3 is 2.04 bits per heavy atom. The number of ether oxygens (including phenoxy) is 1. The molecule has 0 heterocycles. The minimum Gasteiger partial charge on any atom is -0.478 e. The standard InChI is InChI=1S/C21H23BrO3/c1-20(2)9-10-21(3,4)16-12-18(17(22)11-15(16)20)25-14-7-5-13(6-8-14)19(23)24/h5-8,11-12H,9-10H2,1-4H3,(H,23,24). The summed E-state index contributed by atoms with van der Waals surface area (Å²) in [6.07, 6.45) is 2.30. The zero-order valence-electron chi connectivity index (χ0n) is 15.0. The number of carboxylic acid groups (broad SMARTS) is 1. The molecule has 0 unspecified atom stereocenters. The summed E-state index contributed by atoms with van der Waals surface area (Å²) in [7, 11) is 0. The summed E-state index contributed by atoms with van der Waals surface area (Å²) in [6.45, 7) is 9.14. The second-order valence-corrected chi connectivity index (χ2v) is 8.88. The monoisotopic (exact) mass is 402 g/mol. The third-order valence-corrected chi connectivity index (χ3v) is 5.85. The fourth-order valence-electron chi connectivity index (χ4n) is 3.44. The lowest BCUT2D eigenvalue weighted by Gasteiger charge is -2.42. The number of benzene rings is 2. The molecule has 1 aliphatic rings. The average molecular weight is 403 g/mol. The van der Waals surface area contributed by atoms with Crippen molar-refractivity contribution in [3.63, 3.8) is 0 Å². The van der Waals surface area contributed by atoms with Crippen LogP contribution in [0.25, 0.3) is 0 Å². The first-order chi connectivity index (χ1) is 11.6. The normalized spacial score (nSPS) is 17.6. The number of carbonyl (C=O) groups is 1. The van der Waals surface area contributed by atoms with Gasteiger partial charge in [-0.2, -0.15) is 0 Å². The minimum atomic E-state index is -0.939. The third-order valence-electron chi connectivity index (χ3n) is 5.23. The second kappa shape index (κ2) is 6.17. The predicted molar refractivity (Wildman–Crippen MR) is 103 cm³/mol. The van der Waals surface area contributed by atoms with Gasteiger partial charge in [0.15, 0.2) is 0 Å². The van der Waals surface area contributed by atoms with E-state index in [4.69, 9.17) is 9.84 Å². The Kier molecular flexibility index (Phi) is 4.44. The van der Waals surface area contributed by atoms with Gasteiger partial charge in [0.05, 0.1) is 10.0 Å². The summed E-state index contributed by atoms with van der Waals surface area (Å²) in [5.41, 5.74) is 3.19. The largest absolute Gasteiger partial charge is 0.478 e. The molecule has 0 fully saturated rings. The Balaban J connectivity index is 1.99. The Labute approximate surface area is 157 Å². The zero-order valence-corrected chi connectivity index (χ0v) is 16.6. The maximum absolute atomic E-state index is 11.0. The summed E-state index contributed by atoms with van der Waals surface area (Å²) in [6, 6.07) is 10.8. The number of halogens is 1. The van der Waals surface area contributed by atoms with Crippen molar-refractivity contribution in [2.75, 3.05) is 0 Å². The van der Waals surface area contributed by atoms with E-state index in [9.17, 15) is 4.79 Å². The lowest BCUT2D eigenvalue weighted by Crippen LogP contribution is -2.33. The van der Waals surface area contributed by atoms with Crippen molar-refractivity contribution in [1.29, 1.82) is 0 Å². The van der Waals surface area contributed by atoms with Crippen molar-refractivity contribution in [3.8, 4) is 11.5 Å². The molecule has 1 N–H and O–H groups in total. The maximum atomic E-state index is 11.0. The molecule has 0 bridgehead atoms. The van der Waals surface area contributed by atoms with Gasteiger partial charge in [0.2, 0.25) is 0 Å². The molecule has 2 aromatic carbocycles. The number of rotatable bonds is 3. The van der Waals surface area contributed by atoms with Crippen LogP contribution in [0.3, 0.4) is 0 Å². The molecule has 0 spiro atoms. The molecule has 1 aliphatic carbocycles. The van der Waals surface area contributed by atoms with Gasteiger partial charge in [-0.15, -0.1) is 0 Å². The van der Waals surface area contributed by atoms with Crippen LogP contribution in [0.15, 0.2) is 40.9 Å². The van der Waals surface area contributed by atoms with Crippen molar-refractivity contribution < 1.29 is 14.6 Å². The third kappa shape index (κ3) is 3.45. The van der Waals surface area contributed by atoms with Crippen molar-refractivity contribution in [2.24, 2.45) is 0 Å². The highest BCUT2D eigenvalue weighted by Gasteiger charge is 2.37. The quantitative estimate of drug-likeness (QED) is 0.655. The van der Waals surface area contributed by atoms with Crippen molar-refractivity contribution in [2.45, 2.75) is 51.4 Å². The van der Waals surface area contributed by atoms with Crippen LogP contribution in [-0.4, -0.2) is 11.1 Å². The van der Waals surface area contributed by atoms with Gasteiger partial charge in [-0.3, -0.25) is 0 Å². The van der Waals surface area contributed by atoms with E-state index in [1.165, 1.54) is 11.1 Å². The number of fused-ring (bicyclic) bond motifs is 1. The Bertz CT molecular complexity index is 820. The molecule has 0 amide bonds. The van der Waals surface area contributed by atoms with Crippen LogP contribution in [0.5, 0.6) is 11.5 Å². The van der Waals surface area contributed by atoms with E-state index in [-0.39, 0.29) is 16.4 Å². The van der Waals surface area contributed by atoms with Crippen LogP contribution in [0.2, 0.25) is 0 Å². The minimum absolute atomic E-state index is 0.108. The van der Waals surface area contributed by atoms with Crippen LogP contribution in [0.4, 0.5) is 0 Å². The van der Waals surface area contributed by atoms with E-state index in [1.54, 1.807) is 24.3 Å². The molecule has 0 saturated carbocycles. The predicted octanol–water partition coefficient (Wildman–Crippen LogP) is 6.29. The molecular formula is C21H23BrO3. The molecule has 0 aliphatic heterocycles. The van der Waals surface area contributed by atoms with E-state index in [1.807, 2.05) is 0 Å². The SMILES string of the molecule is CC1(C)CCC(C)(C)c2cc(Oc3ccc(C(=O)O)cc3)c(Br)cc21. The summed E-state index contributed by atoms with van der Waals surface area (Å²) < 4.78 is 6.95. The molecule has 0 aromatic heterocycles. The highest BCUT2D eigenvalue weighted by molar-refractivity contribution is 9.10. The second-order valence-electron chi connectivity index (χ2n) is 8.03. The number of aromatic carboxylic acids is 1.